The van der Waals surface area contributed by atoms with Gasteiger partial charge >= 0.3 is 0 Å². The lowest BCUT2D eigenvalue weighted by Crippen LogP contribution is -2.44. The summed E-state index contributed by atoms with van der Waals surface area (Å²) in [5.41, 5.74) is 4.62. The summed E-state index contributed by atoms with van der Waals surface area (Å²) in [6.45, 7) is 3.25. The second kappa shape index (κ2) is 13.8. The first-order valence-corrected chi connectivity index (χ1v) is 14.4. The van der Waals surface area contributed by atoms with Crippen molar-refractivity contribution in [2.75, 3.05) is 53.6 Å². The van der Waals surface area contributed by atoms with Crippen LogP contribution < -0.4 is 14.8 Å². The monoisotopic (exact) mass is 573 g/mol. The minimum absolute atomic E-state index is 0.0664. The van der Waals surface area contributed by atoms with Gasteiger partial charge in [0.05, 0.1) is 33.5 Å². The number of amides is 2. The Kier molecular flexibility index (Phi) is 9.74. The van der Waals surface area contributed by atoms with Crippen LogP contribution in [0.1, 0.15) is 37.4 Å². The fourth-order valence-corrected chi connectivity index (χ4v) is 5.70. The number of morpholine rings is 1. The maximum atomic E-state index is 12.9. The van der Waals surface area contributed by atoms with Crippen molar-refractivity contribution in [3.63, 3.8) is 0 Å². The third-order valence-corrected chi connectivity index (χ3v) is 8.05. The highest BCUT2D eigenvalue weighted by Crippen LogP contribution is 2.30. The highest BCUT2D eigenvalue weighted by atomic mass is 16.5. The molecular formula is C33H39N3O6. The molecule has 1 heterocycles. The number of benzene rings is 3. The zero-order valence-corrected chi connectivity index (χ0v) is 24.3. The molecule has 2 aliphatic rings. The van der Waals surface area contributed by atoms with Gasteiger partial charge < -0.3 is 29.5 Å². The van der Waals surface area contributed by atoms with Gasteiger partial charge in [0.25, 0.3) is 11.8 Å². The number of nitrogens with one attached hydrogen (secondary N) is 1. The predicted molar refractivity (Wildman–Crippen MR) is 159 cm³/mol. The van der Waals surface area contributed by atoms with Crippen LogP contribution in [-0.2, 0) is 24.1 Å². The van der Waals surface area contributed by atoms with Crippen LogP contribution in [0, 0.1) is 0 Å². The number of methoxy groups -OCH3 is 2. The van der Waals surface area contributed by atoms with Gasteiger partial charge in [-0.1, -0.05) is 30.3 Å². The maximum absolute atomic E-state index is 12.9. The van der Waals surface area contributed by atoms with Crippen molar-refractivity contribution in [2.24, 2.45) is 0 Å². The Labute approximate surface area is 247 Å². The van der Waals surface area contributed by atoms with Crippen molar-refractivity contribution in [2.45, 2.75) is 31.5 Å². The van der Waals surface area contributed by atoms with E-state index in [9.17, 15) is 14.7 Å². The first-order valence-electron chi connectivity index (χ1n) is 14.4. The fraction of sp³-hybridized carbons (Fsp3) is 0.394. The molecule has 1 fully saturated rings. The molecule has 0 saturated carbocycles. The van der Waals surface area contributed by atoms with Crippen LogP contribution in [0.3, 0.4) is 0 Å². The van der Waals surface area contributed by atoms with Crippen LogP contribution in [0.15, 0.2) is 66.7 Å². The van der Waals surface area contributed by atoms with Crippen molar-refractivity contribution < 1.29 is 28.9 Å². The Bertz CT molecular complexity index is 1350. The molecule has 3 aromatic rings. The molecule has 1 aliphatic carbocycles. The standard InChI is InChI=1S/C33H39N3O6/c1-40-30-12-11-27(31(19-30)41-2)21-36(28-17-25-5-3-4-6-26(25)18-28)22-29(37)20-34-32(38)23-7-9-24(10-8-23)33(39)35-13-15-42-16-14-35/h3-12,19,28-29,37H,13-18,20-22H2,1-2H3,(H,34,38)/t29-/m1/s1. The van der Waals surface area contributed by atoms with Gasteiger partial charge in [0.15, 0.2) is 0 Å². The third kappa shape index (κ3) is 7.10. The van der Waals surface area contributed by atoms with E-state index in [1.807, 2.05) is 18.2 Å². The summed E-state index contributed by atoms with van der Waals surface area (Å²) in [5.74, 6) is 1.09. The molecule has 1 saturated heterocycles. The molecule has 1 atom stereocenters. The Hall–Kier alpha value is -3.92. The molecule has 0 radical (unpaired) electrons. The minimum Gasteiger partial charge on any atom is -0.497 e. The van der Waals surface area contributed by atoms with Crippen molar-refractivity contribution in [3.8, 4) is 11.5 Å². The van der Waals surface area contributed by atoms with Crippen LogP contribution in [0.5, 0.6) is 11.5 Å². The lowest BCUT2D eigenvalue weighted by molar-refractivity contribution is 0.0303. The molecule has 9 nitrogen and oxygen atoms in total. The highest BCUT2D eigenvalue weighted by Gasteiger charge is 2.29. The first kappa shape index (κ1) is 29.6. The first-order chi connectivity index (χ1) is 20.4. The molecule has 0 spiro atoms. The zero-order chi connectivity index (χ0) is 29.5. The largest absolute Gasteiger partial charge is 0.497 e. The Morgan fingerprint density at radius 2 is 1.64 bits per heavy atom. The van der Waals surface area contributed by atoms with Crippen LogP contribution >= 0.6 is 0 Å². The minimum atomic E-state index is -0.788. The van der Waals surface area contributed by atoms with Gasteiger partial charge in [0.2, 0.25) is 0 Å². The van der Waals surface area contributed by atoms with Gasteiger partial charge in [0, 0.05) is 61.5 Å². The third-order valence-electron chi connectivity index (χ3n) is 8.05. The van der Waals surface area contributed by atoms with E-state index in [0.29, 0.717) is 50.5 Å². The molecule has 2 N–H and O–H groups in total. The van der Waals surface area contributed by atoms with E-state index in [0.717, 1.165) is 29.9 Å². The SMILES string of the molecule is COc1ccc(CN(C[C@H](O)CNC(=O)c2ccc(C(=O)N3CCOCC3)cc2)C2Cc3ccccc3C2)c(OC)c1. The molecule has 42 heavy (non-hydrogen) atoms. The van der Waals surface area contributed by atoms with Gasteiger partial charge in [-0.25, -0.2) is 0 Å². The number of aliphatic hydroxyl groups excluding tert-OH is 1. The Morgan fingerprint density at radius 1 is 0.976 bits per heavy atom. The molecule has 3 aromatic carbocycles. The van der Waals surface area contributed by atoms with Crippen molar-refractivity contribution >= 4 is 11.8 Å². The number of ether oxygens (including phenoxy) is 3. The maximum Gasteiger partial charge on any atom is 0.254 e. The van der Waals surface area contributed by atoms with Gasteiger partial charge in [0.1, 0.15) is 11.5 Å². The number of hydrogen-bond donors (Lipinski definition) is 2. The van der Waals surface area contributed by atoms with E-state index >= 15 is 0 Å². The Balaban J connectivity index is 1.21. The summed E-state index contributed by atoms with van der Waals surface area (Å²) in [6.07, 6.45) is 0.996. The highest BCUT2D eigenvalue weighted by molar-refractivity contribution is 5.97. The van der Waals surface area contributed by atoms with E-state index in [2.05, 4.69) is 34.5 Å². The lowest BCUT2D eigenvalue weighted by Gasteiger charge is -2.31. The van der Waals surface area contributed by atoms with E-state index < -0.39 is 6.10 Å². The molecule has 5 rings (SSSR count). The fourth-order valence-electron chi connectivity index (χ4n) is 5.70. The van der Waals surface area contributed by atoms with Crippen LogP contribution in [-0.4, -0.2) is 92.5 Å². The van der Waals surface area contributed by atoms with Gasteiger partial charge in [-0.15, -0.1) is 0 Å². The van der Waals surface area contributed by atoms with Crippen LogP contribution in [0.4, 0.5) is 0 Å². The molecule has 222 valence electrons. The summed E-state index contributed by atoms with van der Waals surface area (Å²) in [5, 5.41) is 13.9. The summed E-state index contributed by atoms with van der Waals surface area (Å²) < 4.78 is 16.3. The molecule has 1 aliphatic heterocycles. The number of fused-ring (bicyclic) bond motifs is 1. The van der Waals surface area contributed by atoms with E-state index in [-0.39, 0.29) is 24.4 Å². The lowest BCUT2D eigenvalue weighted by atomic mass is 10.1. The number of carbonyl (C=O) groups is 2. The summed E-state index contributed by atoms with van der Waals surface area (Å²) in [4.78, 5) is 29.6. The van der Waals surface area contributed by atoms with Gasteiger partial charge in [-0.3, -0.25) is 14.5 Å². The smallest absolute Gasteiger partial charge is 0.254 e. The second-order valence-corrected chi connectivity index (χ2v) is 10.8. The number of carbonyl (C=O) groups excluding carboxylic acids is 2. The molecule has 2 amide bonds. The van der Waals surface area contributed by atoms with Crippen LogP contribution in [0.2, 0.25) is 0 Å². The molecule has 0 aromatic heterocycles. The van der Waals surface area contributed by atoms with E-state index in [4.69, 9.17) is 14.2 Å². The molecule has 9 heteroatoms. The zero-order valence-electron chi connectivity index (χ0n) is 24.3. The predicted octanol–water partition coefficient (Wildman–Crippen LogP) is 2.94. The van der Waals surface area contributed by atoms with Crippen molar-refractivity contribution in [1.29, 1.82) is 0 Å². The number of hydrogen-bond acceptors (Lipinski definition) is 7. The Morgan fingerprint density at radius 3 is 2.29 bits per heavy atom. The van der Waals surface area contributed by atoms with E-state index in [1.54, 1.807) is 43.4 Å². The molecular weight excluding hydrogens is 534 g/mol. The average molecular weight is 574 g/mol. The normalized spacial score (nSPS) is 15.8. The van der Waals surface area contributed by atoms with Gasteiger partial charge in [-0.2, -0.15) is 0 Å². The van der Waals surface area contributed by atoms with Gasteiger partial charge in [-0.05, 0) is 54.3 Å². The number of rotatable bonds is 11. The number of nitrogens with zero attached hydrogens (tertiary/aromatic N) is 2. The van der Waals surface area contributed by atoms with Crippen molar-refractivity contribution in [1.82, 2.24) is 15.1 Å². The summed E-state index contributed by atoms with van der Waals surface area (Å²) >= 11 is 0. The van der Waals surface area contributed by atoms with Crippen LogP contribution in [0.25, 0.3) is 0 Å². The summed E-state index contributed by atoms with van der Waals surface area (Å²) in [7, 11) is 3.27. The quantitative estimate of drug-likeness (QED) is 0.364. The molecule has 0 unspecified atom stereocenters. The van der Waals surface area contributed by atoms with E-state index in [1.165, 1.54) is 11.1 Å². The molecule has 0 bridgehead atoms. The average Bonchev–Trinajstić information content (AvgIpc) is 3.48. The second-order valence-electron chi connectivity index (χ2n) is 10.8. The topological polar surface area (TPSA) is 101 Å². The number of aliphatic hydroxyl groups is 1. The summed E-state index contributed by atoms with van der Waals surface area (Å²) in [6, 6.07) is 21.1. The van der Waals surface area contributed by atoms with Crippen molar-refractivity contribution in [3.05, 3.63) is 94.5 Å².